The minimum atomic E-state index is -3.49. The van der Waals surface area contributed by atoms with Gasteiger partial charge in [-0.25, -0.2) is 21.6 Å². The molecule has 2 aromatic carbocycles. The summed E-state index contributed by atoms with van der Waals surface area (Å²) in [6, 6.07) is 10.3. The number of fused-ring (bicyclic) bond motifs is 1. The lowest BCUT2D eigenvalue weighted by atomic mass is 10.0. The molecule has 1 aromatic heterocycles. The quantitative estimate of drug-likeness (QED) is 0.370. The Hall–Kier alpha value is -2.97. The van der Waals surface area contributed by atoms with Gasteiger partial charge in [0, 0.05) is 85.9 Å². The number of sulfonamides is 1. The van der Waals surface area contributed by atoms with E-state index in [1.807, 2.05) is 4.90 Å². The third-order valence-corrected chi connectivity index (χ3v) is 9.49. The number of amides is 1. The third-order valence-electron chi connectivity index (χ3n) is 7.87. The standard InChI is InChI=1S/C29H33ClF3N5O4S/c1-43(41,42)37-11-8-26-24(18-37)27(35-38(26)17-23(39)16-36-12-9-29(32,33)10-13-36)20-4-7-25(30)21(14-20)15-34-28(40)19-2-5-22(31)6-3-19/h2-7,14,23,39H,8-13,15-18H2,1H3,(H,34,40). The van der Waals surface area contributed by atoms with E-state index in [-0.39, 0.29) is 58.7 Å². The van der Waals surface area contributed by atoms with Gasteiger partial charge in [-0.05, 0) is 42.0 Å². The second kappa shape index (κ2) is 12.6. The lowest BCUT2D eigenvalue weighted by molar-refractivity contribution is -0.0619. The number of nitrogens with zero attached hydrogens (tertiary/aromatic N) is 4. The molecule has 9 nitrogen and oxygen atoms in total. The van der Waals surface area contributed by atoms with Gasteiger partial charge in [-0.15, -0.1) is 0 Å². The SMILES string of the molecule is CS(=O)(=O)N1CCc2c(c(-c3ccc(Cl)c(CNC(=O)c4ccc(F)cc4)c3)nn2CC(O)CN2CCC(F)(F)CC2)C1. The number of β-amino-alcohol motifs (C(OH)–C–C–N with tert-alkyl or cyclic N) is 1. The van der Waals surface area contributed by atoms with Gasteiger partial charge in [0.2, 0.25) is 10.0 Å². The molecule has 1 fully saturated rings. The molecule has 1 atom stereocenters. The summed E-state index contributed by atoms with van der Waals surface area (Å²) in [6.45, 7) is 1.16. The Balaban J connectivity index is 1.38. The Morgan fingerprint density at radius 3 is 2.49 bits per heavy atom. The van der Waals surface area contributed by atoms with Crippen molar-refractivity contribution in [3.63, 3.8) is 0 Å². The molecule has 0 spiro atoms. The number of piperidine rings is 1. The van der Waals surface area contributed by atoms with Crippen LogP contribution in [0.4, 0.5) is 13.2 Å². The number of halogens is 4. The van der Waals surface area contributed by atoms with E-state index in [0.29, 0.717) is 39.4 Å². The predicted octanol–water partition coefficient (Wildman–Crippen LogP) is 3.68. The van der Waals surface area contributed by atoms with Crippen LogP contribution in [-0.2, 0) is 36.1 Å². The smallest absolute Gasteiger partial charge is 0.251 e. The summed E-state index contributed by atoms with van der Waals surface area (Å²) >= 11 is 6.45. The van der Waals surface area contributed by atoms with Crippen molar-refractivity contribution in [2.45, 2.75) is 50.9 Å². The summed E-state index contributed by atoms with van der Waals surface area (Å²) in [6.07, 6.45) is 0.167. The first kappa shape index (κ1) is 31.5. The number of aliphatic hydroxyl groups excluding tert-OH is 1. The van der Waals surface area contributed by atoms with Crippen LogP contribution in [0.3, 0.4) is 0 Å². The van der Waals surface area contributed by atoms with E-state index in [0.717, 1.165) is 11.9 Å². The van der Waals surface area contributed by atoms with Crippen molar-refractivity contribution in [2.24, 2.45) is 0 Å². The van der Waals surface area contributed by atoms with Crippen LogP contribution in [0.2, 0.25) is 5.02 Å². The summed E-state index contributed by atoms with van der Waals surface area (Å²) in [5, 5.41) is 18.8. The molecular formula is C29H33ClF3N5O4S. The number of carbonyl (C=O) groups excluding carboxylic acids is 1. The Labute approximate surface area is 253 Å². The molecule has 3 heterocycles. The average Bonchev–Trinajstić information content (AvgIpc) is 3.31. The molecule has 0 bridgehead atoms. The van der Waals surface area contributed by atoms with Gasteiger partial charge in [-0.3, -0.25) is 9.48 Å². The molecule has 0 saturated carbocycles. The highest BCUT2D eigenvalue weighted by Gasteiger charge is 2.35. The van der Waals surface area contributed by atoms with Crippen LogP contribution < -0.4 is 5.32 Å². The molecule has 1 saturated heterocycles. The Bertz CT molecular complexity index is 1590. The fraction of sp³-hybridized carbons (Fsp3) is 0.448. The summed E-state index contributed by atoms with van der Waals surface area (Å²) in [7, 11) is -3.49. The van der Waals surface area contributed by atoms with Crippen molar-refractivity contribution in [1.82, 2.24) is 24.3 Å². The summed E-state index contributed by atoms with van der Waals surface area (Å²) < 4.78 is 68.2. The zero-order valence-electron chi connectivity index (χ0n) is 23.6. The van der Waals surface area contributed by atoms with E-state index < -0.39 is 33.8 Å². The molecule has 1 amide bonds. The lowest BCUT2D eigenvalue weighted by Crippen LogP contribution is -2.43. The van der Waals surface area contributed by atoms with Crippen molar-refractivity contribution < 1.29 is 31.5 Å². The van der Waals surface area contributed by atoms with Crippen molar-refractivity contribution in [3.05, 3.63) is 75.7 Å². The van der Waals surface area contributed by atoms with Crippen molar-refractivity contribution >= 4 is 27.5 Å². The van der Waals surface area contributed by atoms with Crippen LogP contribution in [0.1, 0.15) is 40.0 Å². The number of hydrogen-bond donors (Lipinski definition) is 2. The average molecular weight is 640 g/mol. The van der Waals surface area contributed by atoms with Crippen molar-refractivity contribution in [2.75, 3.05) is 32.4 Å². The number of benzene rings is 2. The second-order valence-corrected chi connectivity index (χ2v) is 13.5. The molecule has 2 aliphatic heterocycles. The maximum Gasteiger partial charge on any atom is 0.251 e. The van der Waals surface area contributed by atoms with Crippen molar-refractivity contribution in [3.8, 4) is 11.3 Å². The fourth-order valence-corrected chi connectivity index (χ4v) is 6.46. The van der Waals surface area contributed by atoms with Gasteiger partial charge in [-0.1, -0.05) is 17.7 Å². The molecule has 1 unspecified atom stereocenters. The van der Waals surface area contributed by atoms with E-state index in [2.05, 4.69) is 5.32 Å². The van der Waals surface area contributed by atoms with E-state index in [1.54, 1.807) is 22.9 Å². The van der Waals surface area contributed by atoms with Gasteiger partial charge < -0.3 is 15.3 Å². The van der Waals surface area contributed by atoms with Gasteiger partial charge in [0.15, 0.2) is 0 Å². The van der Waals surface area contributed by atoms with E-state index in [4.69, 9.17) is 16.7 Å². The van der Waals surface area contributed by atoms with Crippen LogP contribution in [0.5, 0.6) is 0 Å². The molecule has 2 N–H and O–H groups in total. The van der Waals surface area contributed by atoms with Crippen LogP contribution >= 0.6 is 11.6 Å². The van der Waals surface area contributed by atoms with Crippen LogP contribution in [0.25, 0.3) is 11.3 Å². The summed E-state index contributed by atoms with van der Waals surface area (Å²) in [5.41, 5.74) is 3.55. The molecule has 43 heavy (non-hydrogen) atoms. The highest BCUT2D eigenvalue weighted by atomic mass is 35.5. The highest BCUT2D eigenvalue weighted by Crippen LogP contribution is 2.33. The number of aromatic nitrogens is 2. The molecule has 3 aromatic rings. The number of aliphatic hydroxyl groups is 1. The van der Waals surface area contributed by atoms with Gasteiger partial charge in [0.05, 0.1) is 24.6 Å². The van der Waals surface area contributed by atoms with Gasteiger partial charge >= 0.3 is 0 Å². The topological polar surface area (TPSA) is 108 Å². The zero-order chi connectivity index (χ0) is 30.9. The minimum Gasteiger partial charge on any atom is -0.390 e. The van der Waals surface area contributed by atoms with E-state index in [1.165, 1.54) is 28.6 Å². The number of hydrogen-bond acceptors (Lipinski definition) is 6. The molecular weight excluding hydrogens is 607 g/mol. The normalized spacial score (nSPS) is 18.3. The Morgan fingerprint density at radius 2 is 1.81 bits per heavy atom. The second-order valence-electron chi connectivity index (χ2n) is 11.1. The summed E-state index contributed by atoms with van der Waals surface area (Å²) in [5.74, 6) is -3.53. The molecule has 0 aliphatic carbocycles. The van der Waals surface area contributed by atoms with Gasteiger partial charge in [0.1, 0.15) is 5.82 Å². The summed E-state index contributed by atoms with van der Waals surface area (Å²) in [4.78, 5) is 14.4. The predicted molar refractivity (Wildman–Crippen MR) is 156 cm³/mol. The maximum absolute atomic E-state index is 13.6. The van der Waals surface area contributed by atoms with E-state index in [9.17, 15) is 31.5 Å². The number of rotatable bonds is 9. The number of alkyl halides is 2. The first-order chi connectivity index (χ1) is 20.3. The highest BCUT2D eigenvalue weighted by molar-refractivity contribution is 7.88. The molecule has 2 aliphatic rings. The molecule has 0 radical (unpaired) electrons. The largest absolute Gasteiger partial charge is 0.390 e. The maximum atomic E-state index is 13.6. The van der Waals surface area contributed by atoms with Crippen LogP contribution in [0.15, 0.2) is 42.5 Å². The number of likely N-dealkylation sites (tertiary alicyclic amines) is 1. The third kappa shape index (κ3) is 7.58. The first-order valence-electron chi connectivity index (χ1n) is 13.9. The number of nitrogens with one attached hydrogen (secondary N) is 1. The minimum absolute atomic E-state index is 0.0782. The van der Waals surface area contributed by atoms with Gasteiger partial charge in [0.25, 0.3) is 11.8 Å². The van der Waals surface area contributed by atoms with Crippen LogP contribution in [0, 0.1) is 5.82 Å². The molecule has 5 rings (SSSR count). The fourth-order valence-electron chi connectivity index (χ4n) is 5.49. The van der Waals surface area contributed by atoms with Gasteiger partial charge in [-0.2, -0.15) is 9.40 Å². The Morgan fingerprint density at radius 1 is 1.12 bits per heavy atom. The van der Waals surface area contributed by atoms with Crippen LogP contribution in [-0.4, -0.2) is 82.9 Å². The zero-order valence-corrected chi connectivity index (χ0v) is 25.1. The van der Waals surface area contributed by atoms with E-state index >= 15 is 0 Å². The molecule has 232 valence electrons. The first-order valence-corrected chi connectivity index (χ1v) is 16.2. The lowest BCUT2D eigenvalue weighted by Gasteiger charge is -2.33. The number of carbonyl (C=O) groups is 1. The Kier molecular flexibility index (Phi) is 9.19. The van der Waals surface area contributed by atoms with Crippen molar-refractivity contribution in [1.29, 1.82) is 0 Å². The monoisotopic (exact) mass is 639 g/mol. The molecule has 14 heteroatoms.